The average Bonchev–Trinajstić information content (AvgIpc) is 2.60. The first-order chi connectivity index (χ1) is 11.9. The smallest absolute Gasteiger partial charge is 0.251 e. The SMILES string of the molecule is CC(NC(=O)C(NC(=O)c1ccc(Cl)cc1)C(C)C)c1cccnc1. The van der Waals surface area contributed by atoms with Crippen LogP contribution in [0.25, 0.3) is 0 Å². The van der Waals surface area contributed by atoms with Crippen LogP contribution in [0.15, 0.2) is 48.8 Å². The third-order valence-electron chi connectivity index (χ3n) is 3.89. The van der Waals surface area contributed by atoms with Gasteiger partial charge in [0.1, 0.15) is 6.04 Å². The van der Waals surface area contributed by atoms with E-state index in [0.29, 0.717) is 10.6 Å². The minimum absolute atomic E-state index is 0.0580. The Morgan fingerprint density at radius 3 is 2.28 bits per heavy atom. The number of aromatic nitrogens is 1. The molecule has 1 heterocycles. The molecule has 1 aromatic heterocycles. The van der Waals surface area contributed by atoms with E-state index in [4.69, 9.17) is 11.6 Å². The van der Waals surface area contributed by atoms with Crippen LogP contribution in [0.1, 0.15) is 42.7 Å². The number of nitrogens with one attached hydrogen (secondary N) is 2. The number of halogens is 1. The summed E-state index contributed by atoms with van der Waals surface area (Å²) in [5, 5.41) is 6.28. The number of hydrogen-bond acceptors (Lipinski definition) is 3. The van der Waals surface area contributed by atoms with Gasteiger partial charge in [0, 0.05) is 23.0 Å². The fourth-order valence-electron chi connectivity index (χ4n) is 2.38. The van der Waals surface area contributed by atoms with Gasteiger partial charge in [-0.2, -0.15) is 0 Å². The maximum atomic E-state index is 12.6. The Balaban J connectivity index is 2.05. The van der Waals surface area contributed by atoms with Gasteiger partial charge in [-0.15, -0.1) is 0 Å². The van der Waals surface area contributed by atoms with Gasteiger partial charge in [-0.05, 0) is 48.7 Å². The molecule has 0 aliphatic carbocycles. The van der Waals surface area contributed by atoms with Crippen molar-refractivity contribution in [3.63, 3.8) is 0 Å². The second kappa shape index (κ2) is 8.62. The summed E-state index contributed by atoms with van der Waals surface area (Å²) in [5.74, 6) is -0.592. The number of benzene rings is 1. The molecule has 0 bridgehead atoms. The topological polar surface area (TPSA) is 71.1 Å². The highest BCUT2D eigenvalue weighted by molar-refractivity contribution is 6.30. The van der Waals surface area contributed by atoms with E-state index < -0.39 is 6.04 Å². The maximum Gasteiger partial charge on any atom is 0.251 e. The third-order valence-corrected chi connectivity index (χ3v) is 4.14. The molecule has 5 nitrogen and oxygen atoms in total. The Bertz CT molecular complexity index is 717. The fourth-order valence-corrected chi connectivity index (χ4v) is 2.51. The van der Waals surface area contributed by atoms with Crippen molar-refractivity contribution in [2.24, 2.45) is 5.92 Å². The van der Waals surface area contributed by atoms with Crippen LogP contribution in [-0.2, 0) is 4.79 Å². The molecule has 0 saturated carbocycles. The lowest BCUT2D eigenvalue weighted by molar-refractivity contribution is -0.124. The number of rotatable bonds is 6. The van der Waals surface area contributed by atoms with Crippen LogP contribution in [0.5, 0.6) is 0 Å². The van der Waals surface area contributed by atoms with Crippen LogP contribution in [0, 0.1) is 5.92 Å². The van der Waals surface area contributed by atoms with Crippen molar-refractivity contribution in [2.75, 3.05) is 0 Å². The summed E-state index contributed by atoms with van der Waals surface area (Å²) < 4.78 is 0. The number of pyridine rings is 1. The van der Waals surface area contributed by atoms with E-state index in [1.165, 1.54) is 0 Å². The lowest BCUT2D eigenvalue weighted by Crippen LogP contribution is -2.50. The molecule has 25 heavy (non-hydrogen) atoms. The summed E-state index contributed by atoms with van der Waals surface area (Å²) in [6.07, 6.45) is 3.39. The standard InChI is InChI=1S/C19H22ClN3O2/c1-12(2)17(23-18(24)14-6-8-16(20)9-7-14)19(25)22-13(3)15-5-4-10-21-11-15/h4-13,17H,1-3H3,(H,22,25)(H,23,24). The minimum atomic E-state index is -0.637. The molecular formula is C19H22ClN3O2. The summed E-state index contributed by atoms with van der Waals surface area (Å²) in [6.45, 7) is 5.66. The summed E-state index contributed by atoms with van der Waals surface area (Å²) in [7, 11) is 0. The predicted molar refractivity (Wildman–Crippen MR) is 98.3 cm³/mol. The zero-order chi connectivity index (χ0) is 18.4. The van der Waals surface area contributed by atoms with Crippen molar-refractivity contribution in [3.8, 4) is 0 Å². The zero-order valence-electron chi connectivity index (χ0n) is 14.5. The molecule has 2 amide bonds. The van der Waals surface area contributed by atoms with Crippen LogP contribution < -0.4 is 10.6 Å². The van der Waals surface area contributed by atoms with E-state index in [0.717, 1.165) is 5.56 Å². The molecule has 0 saturated heterocycles. The van der Waals surface area contributed by atoms with Crippen LogP contribution in [0.4, 0.5) is 0 Å². The van der Waals surface area contributed by atoms with Gasteiger partial charge in [-0.25, -0.2) is 0 Å². The normalized spacial score (nSPS) is 13.2. The van der Waals surface area contributed by atoms with Gasteiger partial charge in [0.25, 0.3) is 5.91 Å². The van der Waals surface area contributed by atoms with Crippen LogP contribution in [-0.4, -0.2) is 22.8 Å². The van der Waals surface area contributed by atoms with E-state index in [-0.39, 0.29) is 23.8 Å². The summed E-state index contributed by atoms with van der Waals surface area (Å²) in [6, 6.07) is 9.43. The van der Waals surface area contributed by atoms with Crippen LogP contribution in [0.3, 0.4) is 0 Å². The van der Waals surface area contributed by atoms with E-state index in [1.807, 2.05) is 32.9 Å². The summed E-state index contributed by atoms with van der Waals surface area (Å²) >= 11 is 5.84. The molecule has 0 fully saturated rings. The molecule has 2 N–H and O–H groups in total. The van der Waals surface area contributed by atoms with Crippen molar-refractivity contribution in [2.45, 2.75) is 32.9 Å². The van der Waals surface area contributed by atoms with Crippen molar-refractivity contribution in [1.82, 2.24) is 15.6 Å². The molecule has 0 aliphatic heterocycles. The maximum absolute atomic E-state index is 12.6. The Morgan fingerprint density at radius 2 is 1.72 bits per heavy atom. The highest BCUT2D eigenvalue weighted by Crippen LogP contribution is 2.13. The Kier molecular flexibility index (Phi) is 6.53. The molecule has 0 spiro atoms. The lowest BCUT2D eigenvalue weighted by atomic mass is 10.0. The number of carbonyl (C=O) groups is 2. The number of carbonyl (C=O) groups excluding carboxylic acids is 2. The molecule has 2 atom stereocenters. The molecule has 0 radical (unpaired) electrons. The first-order valence-corrected chi connectivity index (χ1v) is 8.53. The summed E-state index contributed by atoms with van der Waals surface area (Å²) in [5.41, 5.74) is 1.37. The first-order valence-electron chi connectivity index (χ1n) is 8.15. The highest BCUT2D eigenvalue weighted by atomic mass is 35.5. The van der Waals surface area contributed by atoms with E-state index in [1.54, 1.807) is 36.7 Å². The molecule has 132 valence electrons. The second-order valence-corrected chi connectivity index (χ2v) is 6.66. The van der Waals surface area contributed by atoms with Gasteiger partial charge < -0.3 is 10.6 Å². The third kappa shape index (κ3) is 5.29. The van der Waals surface area contributed by atoms with Gasteiger partial charge in [0.2, 0.25) is 5.91 Å². The summed E-state index contributed by atoms with van der Waals surface area (Å²) in [4.78, 5) is 29.1. The second-order valence-electron chi connectivity index (χ2n) is 6.22. The van der Waals surface area contributed by atoms with E-state index >= 15 is 0 Å². The number of hydrogen-bond donors (Lipinski definition) is 2. The molecule has 2 rings (SSSR count). The van der Waals surface area contributed by atoms with Gasteiger partial charge in [0.15, 0.2) is 0 Å². The zero-order valence-corrected chi connectivity index (χ0v) is 15.2. The first kappa shape index (κ1) is 18.9. The Hall–Kier alpha value is -2.40. The van der Waals surface area contributed by atoms with E-state index in [2.05, 4.69) is 15.6 Å². The predicted octanol–water partition coefficient (Wildman–Crippen LogP) is 3.37. The quantitative estimate of drug-likeness (QED) is 0.830. The molecule has 6 heteroatoms. The van der Waals surface area contributed by atoms with E-state index in [9.17, 15) is 9.59 Å². The van der Waals surface area contributed by atoms with Gasteiger partial charge in [-0.3, -0.25) is 14.6 Å². The molecular weight excluding hydrogens is 338 g/mol. The van der Waals surface area contributed by atoms with Gasteiger partial charge in [-0.1, -0.05) is 31.5 Å². The Morgan fingerprint density at radius 1 is 1.04 bits per heavy atom. The van der Waals surface area contributed by atoms with Gasteiger partial charge in [0.05, 0.1) is 6.04 Å². The monoisotopic (exact) mass is 359 g/mol. The molecule has 2 aromatic rings. The highest BCUT2D eigenvalue weighted by Gasteiger charge is 2.26. The molecule has 0 aliphatic rings. The van der Waals surface area contributed by atoms with Gasteiger partial charge >= 0.3 is 0 Å². The minimum Gasteiger partial charge on any atom is -0.348 e. The number of amides is 2. The molecule has 1 aromatic carbocycles. The van der Waals surface area contributed by atoms with Crippen molar-refractivity contribution < 1.29 is 9.59 Å². The Labute approximate surface area is 152 Å². The van der Waals surface area contributed by atoms with Crippen molar-refractivity contribution in [3.05, 3.63) is 64.9 Å². The fraction of sp³-hybridized carbons (Fsp3) is 0.316. The largest absolute Gasteiger partial charge is 0.348 e. The van der Waals surface area contributed by atoms with Crippen LogP contribution in [0.2, 0.25) is 5.02 Å². The number of nitrogens with zero attached hydrogens (tertiary/aromatic N) is 1. The van der Waals surface area contributed by atoms with Crippen molar-refractivity contribution >= 4 is 23.4 Å². The van der Waals surface area contributed by atoms with Crippen molar-refractivity contribution in [1.29, 1.82) is 0 Å². The molecule has 2 unspecified atom stereocenters. The van der Waals surface area contributed by atoms with Crippen LogP contribution >= 0.6 is 11.6 Å². The lowest BCUT2D eigenvalue weighted by Gasteiger charge is -2.24. The average molecular weight is 360 g/mol.